The number of phenols is 1. The predicted molar refractivity (Wildman–Crippen MR) is 88.8 cm³/mol. The van der Waals surface area contributed by atoms with E-state index in [1.54, 1.807) is 18.2 Å². The molecule has 3 rings (SSSR count). The van der Waals surface area contributed by atoms with Gasteiger partial charge in [0, 0.05) is 18.0 Å². The van der Waals surface area contributed by atoms with Crippen LogP contribution in [-0.4, -0.2) is 27.7 Å². The van der Waals surface area contributed by atoms with E-state index in [9.17, 15) is 5.11 Å². The molecule has 0 radical (unpaired) electrons. The number of anilines is 1. The molecular formula is C17H18N4O. The summed E-state index contributed by atoms with van der Waals surface area (Å²) in [6.45, 7) is 2.54. The van der Waals surface area contributed by atoms with E-state index < -0.39 is 0 Å². The van der Waals surface area contributed by atoms with Crippen molar-refractivity contribution in [1.29, 1.82) is 0 Å². The van der Waals surface area contributed by atoms with Crippen LogP contribution in [0.3, 0.4) is 0 Å². The highest BCUT2D eigenvalue weighted by Crippen LogP contribution is 2.29. The summed E-state index contributed by atoms with van der Waals surface area (Å²) in [5, 5.41) is 14.2. The van der Waals surface area contributed by atoms with E-state index in [1.807, 2.05) is 37.3 Å². The van der Waals surface area contributed by atoms with E-state index in [1.165, 1.54) is 0 Å². The summed E-state index contributed by atoms with van der Waals surface area (Å²) in [7, 11) is 0. The average molecular weight is 294 g/mol. The van der Waals surface area contributed by atoms with Crippen LogP contribution in [0, 0.1) is 0 Å². The van der Waals surface area contributed by atoms with Crippen LogP contribution in [0.2, 0.25) is 0 Å². The van der Waals surface area contributed by atoms with Crippen LogP contribution in [0.15, 0.2) is 48.5 Å². The minimum atomic E-state index is 0.0160. The van der Waals surface area contributed by atoms with Gasteiger partial charge in [0.2, 0.25) is 0 Å². The number of aromatic nitrogens is 2. The lowest BCUT2D eigenvalue weighted by Crippen LogP contribution is -2.25. The number of benzene rings is 2. The number of nitrogens with two attached hydrogens (primary N) is 1. The zero-order chi connectivity index (χ0) is 15.5. The second-order valence-corrected chi connectivity index (χ2v) is 5.29. The fraction of sp³-hybridized carbons (Fsp3) is 0.176. The van der Waals surface area contributed by atoms with Gasteiger partial charge in [-0.2, -0.15) is 0 Å². The zero-order valence-corrected chi connectivity index (χ0v) is 12.3. The summed E-state index contributed by atoms with van der Waals surface area (Å²) in [4.78, 5) is 9.12. The van der Waals surface area contributed by atoms with Gasteiger partial charge in [-0.25, -0.2) is 9.97 Å². The van der Waals surface area contributed by atoms with Crippen molar-refractivity contribution in [1.82, 2.24) is 9.97 Å². The van der Waals surface area contributed by atoms with Gasteiger partial charge < -0.3 is 16.2 Å². The minimum Gasteiger partial charge on any atom is -0.507 e. The second-order valence-electron chi connectivity index (χ2n) is 5.29. The quantitative estimate of drug-likeness (QED) is 0.689. The first-order valence-corrected chi connectivity index (χ1v) is 7.20. The molecule has 0 bridgehead atoms. The summed E-state index contributed by atoms with van der Waals surface area (Å²) in [6.07, 6.45) is 0. The first-order chi connectivity index (χ1) is 10.6. The Morgan fingerprint density at radius 1 is 1.09 bits per heavy atom. The van der Waals surface area contributed by atoms with Gasteiger partial charge in [0.1, 0.15) is 11.6 Å². The predicted octanol–water partition coefficient (Wildman–Crippen LogP) is 2.76. The Morgan fingerprint density at radius 2 is 1.82 bits per heavy atom. The molecule has 0 unspecified atom stereocenters. The number of rotatable bonds is 4. The number of phenolic OH excluding ortho intramolecular Hbond substituents is 1. The van der Waals surface area contributed by atoms with Gasteiger partial charge in [-0.15, -0.1) is 0 Å². The standard InChI is InChI=1S/C17H18N4O/c1-11(18)10-19-16-12-6-2-4-8-14(12)20-17(21-16)13-7-3-5-9-15(13)22/h2-9,11,22H,10,18H2,1H3,(H,19,20,21)/t11-/m1/s1. The molecular weight excluding hydrogens is 276 g/mol. The largest absolute Gasteiger partial charge is 0.507 e. The summed E-state index contributed by atoms with van der Waals surface area (Å²) >= 11 is 0. The number of fused-ring (bicyclic) bond motifs is 1. The average Bonchev–Trinajstić information content (AvgIpc) is 2.52. The van der Waals surface area contributed by atoms with Crippen molar-refractivity contribution in [2.45, 2.75) is 13.0 Å². The maximum Gasteiger partial charge on any atom is 0.165 e. The molecule has 0 spiro atoms. The number of nitrogens with zero attached hydrogens (tertiary/aromatic N) is 2. The monoisotopic (exact) mass is 294 g/mol. The van der Waals surface area contributed by atoms with E-state index in [4.69, 9.17) is 5.73 Å². The van der Waals surface area contributed by atoms with Crippen molar-refractivity contribution in [2.75, 3.05) is 11.9 Å². The lowest BCUT2D eigenvalue weighted by molar-refractivity contribution is 0.477. The third-order valence-electron chi connectivity index (χ3n) is 3.34. The van der Waals surface area contributed by atoms with Crippen LogP contribution in [0.25, 0.3) is 22.3 Å². The third-order valence-corrected chi connectivity index (χ3v) is 3.34. The van der Waals surface area contributed by atoms with Crippen LogP contribution in [0.4, 0.5) is 5.82 Å². The molecule has 0 amide bonds. The lowest BCUT2D eigenvalue weighted by atomic mass is 10.1. The van der Waals surface area contributed by atoms with Crippen molar-refractivity contribution in [3.05, 3.63) is 48.5 Å². The summed E-state index contributed by atoms with van der Waals surface area (Å²) in [5.74, 6) is 1.38. The fourth-order valence-corrected chi connectivity index (χ4v) is 2.25. The first kappa shape index (κ1) is 14.3. The van der Waals surface area contributed by atoms with Crippen molar-refractivity contribution in [3.8, 4) is 17.1 Å². The van der Waals surface area contributed by atoms with Gasteiger partial charge in [-0.1, -0.05) is 24.3 Å². The van der Waals surface area contributed by atoms with E-state index in [0.717, 1.165) is 16.7 Å². The number of hydrogen-bond donors (Lipinski definition) is 3. The molecule has 0 aliphatic carbocycles. The molecule has 1 heterocycles. The molecule has 0 aliphatic rings. The van der Waals surface area contributed by atoms with Gasteiger partial charge in [0.15, 0.2) is 5.82 Å². The van der Waals surface area contributed by atoms with Gasteiger partial charge in [-0.05, 0) is 31.2 Å². The van der Waals surface area contributed by atoms with Crippen LogP contribution < -0.4 is 11.1 Å². The summed E-state index contributed by atoms with van der Waals surface area (Å²) in [6, 6.07) is 14.8. The maximum absolute atomic E-state index is 10.0. The van der Waals surface area contributed by atoms with Crippen LogP contribution >= 0.6 is 0 Å². The van der Waals surface area contributed by atoms with Crippen molar-refractivity contribution >= 4 is 16.7 Å². The van der Waals surface area contributed by atoms with E-state index in [-0.39, 0.29) is 11.8 Å². The van der Waals surface area contributed by atoms with Crippen molar-refractivity contribution in [2.24, 2.45) is 5.73 Å². The first-order valence-electron chi connectivity index (χ1n) is 7.20. The van der Waals surface area contributed by atoms with Crippen LogP contribution in [0.5, 0.6) is 5.75 Å². The molecule has 3 aromatic rings. The molecule has 0 saturated carbocycles. The molecule has 22 heavy (non-hydrogen) atoms. The third kappa shape index (κ3) is 2.84. The lowest BCUT2D eigenvalue weighted by Gasteiger charge is -2.13. The Balaban J connectivity index is 2.14. The highest BCUT2D eigenvalue weighted by molar-refractivity contribution is 5.90. The molecule has 1 aromatic heterocycles. The molecule has 5 nitrogen and oxygen atoms in total. The van der Waals surface area contributed by atoms with Gasteiger partial charge in [-0.3, -0.25) is 0 Å². The SMILES string of the molecule is C[C@@H](N)CNc1nc(-c2ccccc2O)nc2ccccc12. The van der Waals surface area contributed by atoms with Gasteiger partial charge in [0.05, 0.1) is 11.1 Å². The Hall–Kier alpha value is -2.66. The molecule has 2 aromatic carbocycles. The number of aromatic hydroxyl groups is 1. The maximum atomic E-state index is 10.0. The minimum absolute atomic E-state index is 0.0160. The second kappa shape index (κ2) is 5.99. The normalized spacial score (nSPS) is 12.3. The highest BCUT2D eigenvalue weighted by atomic mass is 16.3. The topological polar surface area (TPSA) is 84.1 Å². The molecule has 0 aliphatic heterocycles. The Kier molecular flexibility index (Phi) is 3.89. The van der Waals surface area contributed by atoms with E-state index in [2.05, 4.69) is 15.3 Å². The summed E-state index contributed by atoms with van der Waals surface area (Å²) in [5.41, 5.74) is 7.24. The number of nitrogens with one attached hydrogen (secondary N) is 1. The van der Waals surface area contributed by atoms with Crippen LogP contribution in [0.1, 0.15) is 6.92 Å². The number of para-hydroxylation sites is 2. The molecule has 112 valence electrons. The molecule has 4 N–H and O–H groups in total. The molecule has 0 saturated heterocycles. The van der Waals surface area contributed by atoms with E-state index >= 15 is 0 Å². The Labute approximate surface area is 128 Å². The molecule has 1 atom stereocenters. The smallest absolute Gasteiger partial charge is 0.165 e. The fourth-order valence-electron chi connectivity index (χ4n) is 2.25. The van der Waals surface area contributed by atoms with Gasteiger partial charge >= 0.3 is 0 Å². The highest BCUT2D eigenvalue weighted by Gasteiger charge is 2.11. The Morgan fingerprint density at radius 3 is 2.59 bits per heavy atom. The van der Waals surface area contributed by atoms with Crippen molar-refractivity contribution in [3.63, 3.8) is 0 Å². The molecule has 0 fully saturated rings. The van der Waals surface area contributed by atoms with Crippen molar-refractivity contribution < 1.29 is 5.11 Å². The van der Waals surface area contributed by atoms with E-state index in [0.29, 0.717) is 17.9 Å². The zero-order valence-electron chi connectivity index (χ0n) is 12.3. The Bertz CT molecular complexity index is 802. The number of hydrogen-bond acceptors (Lipinski definition) is 5. The van der Waals surface area contributed by atoms with Gasteiger partial charge in [0.25, 0.3) is 0 Å². The molecule has 5 heteroatoms. The van der Waals surface area contributed by atoms with Crippen LogP contribution in [-0.2, 0) is 0 Å². The summed E-state index contributed by atoms with van der Waals surface area (Å²) < 4.78 is 0.